The van der Waals surface area contributed by atoms with E-state index in [-0.39, 0.29) is 25.4 Å². The van der Waals surface area contributed by atoms with E-state index in [0.717, 1.165) is 48.2 Å². The van der Waals surface area contributed by atoms with E-state index in [0.29, 0.717) is 18.4 Å². The lowest BCUT2D eigenvalue weighted by Crippen LogP contribution is -2.76. The molecule has 196 valence electrons. The lowest BCUT2D eigenvalue weighted by molar-refractivity contribution is -0.347. The number of hydrogen-bond donors (Lipinski definition) is 1. The lowest BCUT2D eigenvalue weighted by Gasteiger charge is -2.74. The molecule has 11 heteroatoms. The monoisotopic (exact) mass is 518 g/mol. The predicted octanol–water partition coefficient (Wildman–Crippen LogP) is 4.15. The summed E-state index contributed by atoms with van der Waals surface area (Å²) in [6.45, 7) is 0.432. The zero-order valence-electron chi connectivity index (χ0n) is 19.9. The molecule has 2 heterocycles. The van der Waals surface area contributed by atoms with Gasteiger partial charge in [-0.05, 0) is 77.8 Å². The SMILES string of the molecule is OC(Cn1cnnn1)(c1ccc(F)cc1F)C(F)(F)C12CC(c3ccc(OC[C@H]4CCCO4)cc3)(C1)C2. The van der Waals surface area contributed by atoms with Crippen LogP contribution in [0.3, 0.4) is 0 Å². The number of benzene rings is 2. The second-order valence-electron chi connectivity index (χ2n) is 10.6. The summed E-state index contributed by atoms with van der Waals surface area (Å²) in [7, 11) is 0. The summed E-state index contributed by atoms with van der Waals surface area (Å²) in [5, 5.41) is 21.9. The molecule has 2 bridgehead atoms. The molecule has 0 radical (unpaired) electrons. The van der Waals surface area contributed by atoms with Gasteiger partial charge < -0.3 is 14.6 Å². The van der Waals surface area contributed by atoms with Crippen molar-refractivity contribution in [1.29, 1.82) is 0 Å². The van der Waals surface area contributed by atoms with Crippen molar-refractivity contribution >= 4 is 0 Å². The van der Waals surface area contributed by atoms with Crippen LogP contribution in [0.4, 0.5) is 17.6 Å². The van der Waals surface area contributed by atoms with E-state index >= 15 is 8.78 Å². The van der Waals surface area contributed by atoms with Crippen LogP contribution in [0.1, 0.15) is 43.2 Å². The van der Waals surface area contributed by atoms with Crippen molar-refractivity contribution in [2.75, 3.05) is 13.2 Å². The van der Waals surface area contributed by atoms with Gasteiger partial charge in [-0.1, -0.05) is 12.1 Å². The zero-order chi connectivity index (χ0) is 25.9. The molecule has 1 aliphatic heterocycles. The third-order valence-electron chi connectivity index (χ3n) is 8.30. The molecule has 3 aliphatic carbocycles. The zero-order valence-corrected chi connectivity index (χ0v) is 19.9. The molecular weight excluding hydrogens is 492 g/mol. The molecule has 7 nitrogen and oxygen atoms in total. The van der Waals surface area contributed by atoms with Gasteiger partial charge in [0.1, 0.15) is 30.3 Å². The summed E-state index contributed by atoms with van der Waals surface area (Å²) in [5.74, 6) is -5.25. The van der Waals surface area contributed by atoms with Crippen LogP contribution >= 0.6 is 0 Å². The quantitative estimate of drug-likeness (QED) is 0.429. The van der Waals surface area contributed by atoms with Crippen LogP contribution in [0, 0.1) is 17.0 Å². The molecule has 1 unspecified atom stereocenters. The lowest BCUT2D eigenvalue weighted by atomic mass is 9.30. The molecule has 0 amide bonds. The van der Waals surface area contributed by atoms with E-state index in [4.69, 9.17) is 9.47 Å². The molecule has 1 N–H and O–H groups in total. The molecule has 1 aromatic heterocycles. The van der Waals surface area contributed by atoms with Crippen LogP contribution in [-0.4, -0.2) is 50.6 Å². The smallest absolute Gasteiger partial charge is 0.287 e. The number of aliphatic hydroxyl groups is 1. The molecule has 37 heavy (non-hydrogen) atoms. The van der Waals surface area contributed by atoms with E-state index in [9.17, 15) is 13.9 Å². The van der Waals surface area contributed by atoms with Gasteiger partial charge in [0.05, 0.1) is 12.6 Å². The first-order chi connectivity index (χ1) is 17.7. The maximum atomic E-state index is 16.3. The number of tetrazole rings is 1. The summed E-state index contributed by atoms with van der Waals surface area (Å²) < 4.78 is 73.1. The summed E-state index contributed by atoms with van der Waals surface area (Å²) in [6, 6.07) is 9.64. The van der Waals surface area contributed by atoms with E-state index in [2.05, 4.69) is 15.5 Å². The summed E-state index contributed by atoms with van der Waals surface area (Å²) >= 11 is 0. The van der Waals surface area contributed by atoms with Crippen molar-refractivity contribution in [2.45, 2.75) is 61.7 Å². The minimum Gasteiger partial charge on any atom is -0.491 e. The summed E-state index contributed by atoms with van der Waals surface area (Å²) in [6.07, 6.45) is 3.54. The highest BCUT2D eigenvalue weighted by atomic mass is 19.3. The van der Waals surface area contributed by atoms with Crippen LogP contribution in [-0.2, 0) is 22.3 Å². The van der Waals surface area contributed by atoms with Gasteiger partial charge in [0, 0.05) is 23.7 Å². The number of aromatic nitrogens is 4. The van der Waals surface area contributed by atoms with Gasteiger partial charge >= 0.3 is 0 Å². The van der Waals surface area contributed by atoms with Crippen molar-refractivity contribution in [1.82, 2.24) is 20.2 Å². The average molecular weight is 519 g/mol. The van der Waals surface area contributed by atoms with Gasteiger partial charge in [-0.2, -0.15) is 0 Å². The molecule has 3 aromatic rings. The van der Waals surface area contributed by atoms with Crippen molar-refractivity contribution in [3.63, 3.8) is 0 Å². The van der Waals surface area contributed by atoms with Gasteiger partial charge in [0.2, 0.25) is 0 Å². The topological polar surface area (TPSA) is 82.3 Å². The van der Waals surface area contributed by atoms with Gasteiger partial charge in [-0.15, -0.1) is 5.10 Å². The van der Waals surface area contributed by atoms with Gasteiger partial charge in [0.15, 0.2) is 5.60 Å². The number of halogens is 4. The van der Waals surface area contributed by atoms with Crippen LogP contribution in [0.15, 0.2) is 48.8 Å². The Labute approximate surface area is 210 Å². The normalized spacial score (nSPS) is 28.3. The highest BCUT2D eigenvalue weighted by Gasteiger charge is 2.82. The third kappa shape index (κ3) is 3.73. The van der Waals surface area contributed by atoms with E-state index in [1.54, 1.807) is 0 Å². The Morgan fingerprint density at radius 3 is 2.49 bits per heavy atom. The molecule has 2 atom stereocenters. The second kappa shape index (κ2) is 8.49. The van der Waals surface area contributed by atoms with Gasteiger partial charge in [0.25, 0.3) is 5.92 Å². The maximum Gasteiger partial charge on any atom is 0.287 e. The van der Waals surface area contributed by atoms with Crippen LogP contribution in [0.25, 0.3) is 0 Å². The highest BCUT2D eigenvalue weighted by molar-refractivity contribution is 5.44. The van der Waals surface area contributed by atoms with E-state index < -0.39 is 46.1 Å². The van der Waals surface area contributed by atoms with Gasteiger partial charge in [-0.3, -0.25) is 0 Å². The Morgan fingerprint density at radius 2 is 1.86 bits per heavy atom. The summed E-state index contributed by atoms with van der Waals surface area (Å²) in [5.41, 5.74) is -4.74. The fraction of sp³-hybridized carbons (Fsp3) is 0.500. The predicted molar refractivity (Wildman–Crippen MR) is 122 cm³/mol. The number of rotatable bonds is 9. The Morgan fingerprint density at radius 1 is 1.11 bits per heavy atom. The minimum atomic E-state index is -3.75. The second-order valence-corrected chi connectivity index (χ2v) is 10.6. The first-order valence-electron chi connectivity index (χ1n) is 12.3. The first kappa shape index (κ1) is 24.3. The fourth-order valence-corrected chi connectivity index (χ4v) is 6.40. The number of ether oxygens (including phenoxy) is 2. The van der Waals surface area contributed by atoms with E-state index in [1.807, 2.05) is 24.3 Å². The Balaban J connectivity index is 1.21. The molecule has 4 fully saturated rings. The van der Waals surface area contributed by atoms with Crippen LogP contribution in [0.2, 0.25) is 0 Å². The molecule has 1 saturated heterocycles. The largest absolute Gasteiger partial charge is 0.491 e. The molecule has 3 saturated carbocycles. The van der Waals surface area contributed by atoms with Crippen molar-refractivity contribution in [3.8, 4) is 5.75 Å². The van der Waals surface area contributed by atoms with Crippen molar-refractivity contribution in [2.24, 2.45) is 5.41 Å². The van der Waals surface area contributed by atoms with Crippen molar-refractivity contribution in [3.05, 3.63) is 71.6 Å². The fourth-order valence-electron chi connectivity index (χ4n) is 6.40. The molecular formula is C26H26F4N4O3. The highest BCUT2D eigenvalue weighted by Crippen LogP contribution is 2.80. The standard InChI is InChI=1S/C26H26F4N4O3/c27-18-5-8-21(22(28)10-18)25(35,15-34-16-31-32-33-34)26(29,30)24-12-23(13-24,14-24)17-3-6-19(7-4-17)37-11-20-2-1-9-36-20/h3-8,10,16,20,35H,1-2,9,11-15H2/t20-,23?,24?,25?/m1/s1. The van der Waals surface area contributed by atoms with Crippen LogP contribution < -0.4 is 4.74 Å². The molecule has 4 aliphatic rings. The number of hydrogen-bond acceptors (Lipinski definition) is 6. The van der Waals surface area contributed by atoms with E-state index in [1.165, 1.54) is 0 Å². The molecule has 7 rings (SSSR count). The first-order valence-corrected chi connectivity index (χ1v) is 12.3. The number of nitrogens with zero attached hydrogens (tertiary/aromatic N) is 4. The Bertz CT molecular complexity index is 1260. The maximum absolute atomic E-state index is 16.3. The summed E-state index contributed by atoms with van der Waals surface area (Å²) in [4.78, 5) is 0. The Hall–Kier alpha value is -3.05. The van der Waals surface area contributed by atoms with Gasteiger partial charge in [-0.25, -0.2) is 22.2 Å². The Kier molecular flexibility index (Phi) is 5.57. The van der Waals surface area contributed by atoms with Crippen LogP contribution in [0.5, 0.6) is 5.75 Å². The minimum absolute atomic E-state index is 0.0948. The number of alkyl halides is 2. The third-order valence-corrected chi connectivity index (χ3v) is 8.30. The molecule has 0 spiro atoms. The van der Waals surface area contributed by atoms with Crippen molar-refractivity contribution < 1.29 is 32.1 Å². The molecule has 2 aromatic carbocycles. The average Bonchev–Trinajstić information content (AvgIpc) is 3.50.